The molecule has 19 heavy (non-hydrogen) atoms. The lowest BCUT2D eigenvalue weighted by molar-refractivity contribution is 0.267. The van der Waals surface area contributed by atoms with Gasteiger partial charge in [0.1, 0.15) is 12.4 Å². The van der Waals surface area contributed by atoms with Gasteiger partial charge in [-0.1, -0.05) is 6.07 Å². The summed E-state index contributed by atoms with van der Waals surface area (Å²) in [7, 11) is 0. The maximum Gasteiger partial charge on any atom is 0.253 e. The molecule has 6 heteroatoms. The summed E-state index contributed by atoms with van der Waals surface area (Å²) in [6.45, 7) is -0.315. The lowest BCUT2D eigenvalue weighted by Gasteiger charge is -2.07. The largest absolute Gasteiger partial charge is 0.471 e. The summed E-state index contributed by atoms with van der Waals surface area (Å²) in [6.07, 6.45) is 0. The Morgan fingerprint density at radius 1 is 1.11 bits per heavy atom. The van der Waals surface area contributed by atoms with E-state index in [0.29, 0.717) is 0 Å². The van der Waals surface area contributed by atoms with Crippen LogP contribution in [0.15, 0.2) is 30.3 Å². The van der Waals surface area contributed by atoms with Gasteiger partial charge < -0.3 is 4.74 Å². The lowest BCUT2D eigenvalue weighted by Crippen LogP contribution is -2.03. The molecule has 0 unspecified atom stereocenters. The van der Waals surface area contributed by atoms with Gasteiger partial charge >= 0.3 is 0 Å². The van der Waals surface area contributed by atoms with Gasteiger partial charge in [-0.3, -0.25) is 0 Å². The molecule has 0 aliphatic carbocycles. The second kappa shape index (κ2) is 5.40. The molecule has 0 aliphatic rings. The van der Waals surface area contributed by atoms with Crippen LogP contribution in [0.25, 0.3) is 0 Å². The van der Waals surface area contributed by atoms with Crippen molar-refractivity contribution in [3.05, 3.63) is 59.0 Å². The third kappa shape index (κ3) is 3.01. The number of aromatic nitrogens is 1. The number of hydrogen-bond acceptors (Lipinski definition) is 3. The number of pyridine rings is 1. The Balaban J connectivity index is 2.15. The standard InChI is InChI=1S/C13H7F3N2O/c14-10-3-4-12(16)18-13(10)19-7-9-2-1-8(6-17)5-11(9)15/h1-5H,7H2. The highest BCUT2D eigenvalue weighted by Gasteiger charge is 2.09. The van der Waals surface area contributed by atoms with E-state index in [9.17, 15) is 13.2 Å². The van der Waals surface area contributed by atoms with Crippen molar-refractivity contribution in [1.82, 2.24) is 4.98 Å². The van der Waals surface area contributed by atoms with Crippen LogP contribution in [0.1, 0.15) is 11.1 Å². The van der Waals surface area contributed by atoms with Crippen LogP contribution in [-0.4, -0.2) is 4.98 Å². The molecule has 0 aliphatic heterocycles. The van der Waals surface area contributed by atoms with Crippen molar-refractivity contribution in [3.8, 4) is 11.9 Å². The van der Waals surface area contributed by atoms with Crippen molar-refractivity contribution < 1.29 is 17.9 Å². The molecule has 96 valence electrons. The molecule has 3 nitrogen and oxygen atoms in total. The third-order valence-electron chi connectivity index (χ3n) is 2.33. The Morgan fingerprint density at radius 3 is 2.58 bits per heavy atom. The van der Waals surface area contributed by atoms with Crippen molar-refractivity contribution in [2.75, 3.05) is 0 Å². The minimum Gasteiger partial charge on any atom is -0.471 e. The second-order valence-electron chi connectivity index (χ2n) is 3.63. The number of hydrogen-bond donors (Lipinski definition) is 0. The molecule has 0 saturated heterocycles. The van der Waals surface area contributed by atoms with Crippen LogP contribution in [0, 0.1) is 28.9 Å². The van der Waals surface area contributed by atoms with E-state index in [1.807, 2.05) is 0 Å². The van der Waals surface area contributed by atoms with Crippen LogP contribution in [0.5, 0.6) is 5.88 Å². The van der Waals surface area contributed by atoms with E-state index in [4.69, 9.17) is 10.00 Å². The first kappa shape index (κ1) is 12.9. The highest BCUT2D eigenvalue weighted by atomic mass is 19.1. The topological polar surface area (TPSA) is 45.9 Å². The van der Waals surface area contributed by atoms with E-state index in [0.717, 1.165) is 18.2 Å². The molecule has 0 spiro atoms. The highest BCUT2D eigenvalue weighted by Crippen LogP contribution is 2.17. The van der Waals surface area contributed by atoms with Crippen LogP contribution < -0.4 is 4.74 Å². The van der Waals surface area contributed by atoms with E-state index in [1.54, 1.807) is 6.07 Å². The van der Waals surface area contributed by atoms with Crippen molar-refractivity contribution >= 4 is 0 Å². The number of rotatable bonds is 3. The Morgan fingerprint density at radius 2 is 1.89 bits per heavy atom. The van der Waals surface area contributed by atoms with Crippen LogP contribution in [0.2, 0.25) is 0 Å². The third-order valence-corrected chi connectivity index (χ3v) is 2.33. The predicted octanol–water partition coefficient (Wildman–Crippen LogP) is 2.95. The van der Waals surface area contributed by atoms with Crippen molar-refractivity contribution in [3.63, 3.8) is 0 Å². The number of nitriles is 1. The molecule has 0 bridgehead atoms. The van der Waals surface area contributed by atoms with E-state index < -0.39 is 23.5 Å². The monoisotopic (exact) mass is 264 g/mol. The van der Waals surface area contributed by atoms with Gasteiger partial charge in [-0.15, -0.1) is 0 Å². The average molecular weight is 264 g/mol. The zero-order valence-electron chi connectivity index (χ0n) is 9.53. The Labute approximate surface area is 106 Å². The lowest BCUT2D eigenvalue weighted by atomic mass is 10.1. The van der Waals surface area contributed by atoms with Crippen LogP contribution in [0.4, 0.5) is 13.2 Å². The molecular formula is C13H7F3N2O. The van der Waals surface area contributed by atoms with Crippen molar-refractivity contribution in [1.29, 1.82) is 5.26 Å². The summed E-state index contributed by atoms with van der Waals surface area (Å²) >= 11 is 0. The molecule has 0 atom stereocenters. The summed E-state index contributed by atoms with van der Waals surface area (Å²) in [5, 5.41) is 8.58. The van der Waals surface area contributed by atoms with E-state index in [1.165, 1.54) is 12.1 Å². The van der Waals surface area contributed by atoms with Gasteiger partial charge in [0.05, 0.1) is 11.6 Å². The molecule has 0 amide bonds. The average Bonchev–Trinajstić information content (AvgIpc) is 2.40. The minimum atomic E-state index is -0.892. The van der Waals surface area contributed by atoms with Gasteiger partial charge in [0.25, 0.3) is 5.88 Å². The molecule has 1 aromatic heterocycles. The molecule has 2 rings (SSSR count). The molecular weight excluding hydrogens is 257 g/mol. The molecule has 0 radical (unpaired) electrons. The number of halogens is 3. The van der Waals surface area contributed by atoms with Gasteiger partial charge in [0.15, 0.2) is 5.82 Å². The summed E-state index contributed by atoms with van der Waals surface area (Å²) < 4.78 is 44.4. The zero-order chi connectivity index (χ0) is 13.8. The Kier molecular flexibility index (Phi) is 3.66. The molecule has 2 aromatic rings. The first-order valence-corrected chi connectivity index (χ1v) is 5.23. The minimum absolute atomic E-state index is 0.115. The number of ether oxygens (including phenoxy) is 1. The van der Waals surface area contributed by atoms with Gasteiger partial charge in [0.2, 0.25) is 5.95 Å². The zero-order valence-corrected chi connectivity index (χ0v) is 9.53. The van der Waals surface area contributed by atoms with Gasteiger partial charge in [-0.25, -0.2) is 8.78 Å². The molecule has 0 saturated carbocycles. The first-order valence-electron chi connectivity index (χ1n) is 5.23. The van der Waals surface area contributed by atoms with Crippen LogP contribution in [0.3, 0.4) is 0 Å². The number of benzene rings is 1. The SMILES string of the molecule is N#Cc1ccc(COc2nc(F)ccc2F)c(F)c1. The maximum atomic E-state index is 13.5. The van der Waals surface area contributed by atoms with E-state index in [-0.39, 0.29) is 17.7 Å². The fourth-order valence-electron chi connectivity index (χ4n) is 1.38. The highest BCUT2D eigenvalue weighted by molar-refractivity contribution is 5.32. The predicted molar refractivity (Wildman–Crippen MR) is 59.6 cm³/mol. The number of nitrogens with zero attached hydrogens (tertiary/aromatic N) is 2. The van der Waals surface area contributed by atoms with Crippen molar-refractivity contribution in [2.24, 2.45) is 0 Å². The second-order valence-corrected chi connectivity index (χ2v) is 3.63. The summed E-state index contributed by atoms with van der Waals surface area (Å²) in [5.74, 6) is -2.92. The Hall–Kier alpha value is -2.55. The first-order chi connectivity index (χ1) is 9.10. The molecule has 1 heterocycles. The fraction of sp³-hybridized carbons (Fsp3) is 0.0769. The van der Waals surface area contributed by atoms with Crippen molar-refractivity contribution in [2.45, 2.75) is 6.61 Å². The van der Waals surface area contributed by atoms with Gasteiger partial charge in [0, 0.05) is 5.56 Å². The quantitative estimate of drug-likeness (QED) is 0.801. The summed E-state index contributed by atoms with van der Waals surface area (Å²) in [6, 6.07) is 7.28. The fourth-order valence-corrected chi connectivity index (χ4v) is 1.38. The molecule has 1 aromatic carbocycles. The molecule has 0 fully saturated rings. The van der Waals surface area contributed by atoms with Gasteiger partial charge in [-0.2, -0.15) is 14.6 Å². The van der Waals surface area contributed by atoms with Crippen LogP contribution >= 0.6 is 0 Å². The summed E-state index contributed by atoms with van der Waals surface area (Å²) in [4.78, 5) is 3.21. The van der Waals surface area contributed by atoms with E-state index in [2.05, 4.69) is 4.98 Å². The summed E-state index contributed by atoms with van der Waals surface area (Å²) in [5.41, 5.74) is 0.278. The maximum absolute atomic E-state index is 13.5. The normalized spacial score (nSPS) is 10.0. The van der Waals surface area contributed by atoms with E-state index >= 15 is 0 Å². The molecule has 0 N–H and O–H groups in total. The van der Waals surface area contributed by atoms with Crippen LogP contribution in [-0.2, 0) is 6.61 Å². The van der Waals surface area contributed by atoms with Gasteiger partial charge in [-0.05, 0) is 24.3 Å². The smallest absolute Gasteiger partial charge is 0.253 e. The Bertz CT molecular complexity index is 653.